The smallest absolute Gasteiger partial charge is 0.306 e. The summed E-state index contributed by atoms with van der Waals surface area (Å²) in [4.78, 5) is 24.6. The van der Waals surface area contributed by atoms with Gasteiger partial charge in [0, 0.05) is 12.8 Å². The number of aliphatic hydroxyl groups excluding tert-OH is 1. The second-order valence-corrected chi connectivity index (χ2v) is 21.9. The molecule has 0 saturated heterocycles. The van der Waals surface area contributed by atoms with Crippen molar-refractivity contribution in [1.29, 1.82) is 0 Å². The lowest BCUT2D eigenvalue weighted by Crippen LogP contribution is -2.28. The van der Waals surface area contributed by atoms with Crippen LogP contribution in [-0.2, 0) is 19.1 Å². The Morgan fingerprint density at radius 3 is 0.843 bits per heavy atom. The van der Waals surface area contributed by atoms with Gasteiger partial charge in [0.15, 0.2) is 6.10 Å². The molecule has 0 rings (SSSR count). The molecule has 1 N–H and O–H groups in total. The highest BCUT2D eigenvalue weighted by atomic mass is 16.6. The Kier molecular flexibility index (Phi) is 60.3. The SMILES string of the molecule is CCCCCCC/C=C\C/C=C\CCCCCCCCCCCCCCCCCCCCCC(=O)OC(CO)COC(=O)CCCCCCCCCCCCCCCCCCCCCCCCCCC. The summed E-state index contributed by atoms with van der Waals surface area (Å²) >= 11 is 0. The zero-order valence-corrected chi connectivity index (χ0v) is 47.6. The largest absolute Gasteiger partial charge is 0.462 e. The number of carbonyl (C=O) groups excluding carboxylic acids is 2. The van der Waals surface area contributed by atoms with E-state index < -0.39 is 6.10 Å². The Hall–Kier alpha value is -1.62. The van der Waals surface area contributed by atoms with Crippen molar-refractivity contribution >= 4 is 11.9 Å². The second-order valence-electron chi connectivity index (χ2n) is 21.9. The van der Waals surface area contributed by atoms with Crippen molar-refractivity contribution < 1.29 is 24.2 Å². The van der Waals surface area contributed by atoms with E-state index in [1.54, 1.807) is 0 Å². The molecule has 0 aromatic heterocycles. The lowest BCUT2D eigenvalue weighted by Gasteiger charge is -2.15. The number of unbranched alkanes of at least 4 members (excludes halogenated alkanes) is 48. The molecule has 0 saturated carbocycles. The topological polar surface area (TPSA) is 72.8 Å². The number of ether oxygens (including phenoxy) is 2. The Morgan fingerprint density at radius 2 is 0.571 bits per heavy atom. The van der Waals surface area contributed by atoms with Crippen LogP contribution in [0, 0.1) is 0 Å². The summed E-state index contributed by atoms with van der Waals surface area (Å²) in [7, 11) is 0. The van der Waals surface area contributed by atoms with Crippen molar-refractivity contribution in [2.24, 2.45) is 0 Å². The van der Waals surface area contributed by atoms with E-state index in [0.717, 1.165) is 38.5 Å². The lowest BCUT2D eigenvalue weighted by molar-refractivity contribution is -0.161. The van der Waals surface area contributed by atoms with Crippen LogP contribution in [0.1, 0.15) is 361 Å². The van der Waals surface area contributed by atoms with Gasteiger partial charge in [0.2, 0.25) is 0 Å². The average Bonchev–Trinajstić information content (AvgIpc) is 3.36. The van der Waals surface area contributed by atoms with Gasteiger partial charge in [-0.05, 0) is 44.9 Å². The first kappa shape index (κ1) is 68.4. The van der Waals surface area contributed by atoms with Gasteiger partial charge in [-0.1, -0.05) is 327 Å². The molecule has 414 valence electrons. The van der Waals surface area contributed by atoms with Crippen LogP contribution >= 0.6 is 0 Å². The van der Waals surface area contributed by atoms with Crippen LogP contribution in [0.2, 0.25) is 0 Å². The molecular weight excluding hydrogens is 861 g/mol. The van der Waals surface area contributed by atoms with Crippen LogP contribution in [-0.4, -0.2) is 36.4 Å². The number of hydrogen-bond acceptors (Lipinski definition) is 5. The maximum absolute atomic E-state index is 12.3. The fraction of sp³-hybridized carbons (Fsp3) is 0.908. The van der Waals surface area contributed by atoms with Crippen molar-refractivity contribution in [1.82, 2.24) is 0 Å². The van der Waals surface area contributed by atoms with Gasteiger partial charge < -0.3 is 14.6 Å². The fourth-order valence-corrected chi connectivity index (χ4v) is 9.94. The van der Waals surface area contributed by atoms with E-state index in [-0.39, 0.29) is 25.2 Å². The van der Waals surface area contributed by atoms with E-state index in [1.165, 1.54) is 295 Å². The predicted octanol–water partition coefficient (Wildman–Crippen LogP) is 21.7. The van der Waals surface area contributed by atoms with Crippen molar-refractivity contribution in [3.05, 3.63) is 24.3 Å². The Labute approximate surface area is 438 Å². The van der Waals surface area contributed by atoms with Crippen LogP contribution in [0.4, 0.5) is 0 Å². The van der Waals surface area contributed by atoms with E-state index in [9.17, 15) is 14.7 Å². The molecule has 0 fully saturated rings. The summed E-state index contributed by atoms with van der Waals surface area (Å²) in [6.45, 7) is 4.19. The number of hydrogen-bond donors (Lipinski definition) is 1. The Bertz CT molecular complexity index is 1070. The first-order valence-corrected chi connectivity index (χ1v) is 31.9. The number of esters is 2. The summed E-state index contributed by atoms with van der Waals surface area (Å²) in [5.41, 5.74) is 0. The molecule has 0 amide bonds. The first-order chi connectivity index (χ1) is 34.6. The fourth-order valence-electron chi connectivity index (χ4n) is 9.94. The van der Waals surface area contributed by atoms with Crippen molar-refractivity contribution in [2.75, 3.05) is 13.2 Å². The van der Waals surface area contributed by atoms with Crippen molar-refractivity contribution in [3.8, 4) is 0 Å². The van der Waals surface area contributed by atoms with Gasteiger partial charge in [0.1, 0.15) is 6.61 Å². The van der Waals surface area contributed by atoms with Gasteiger partial charge in [-0.2, -0.15) is 0 Å². The Morgan fingerprint density at radius 1 is 0.329 bits per heavy atom. The molecule has 1 atom stereocenters. The predicted molar refractivity (Wildman–Crippen MR) is 307 cm³/mol. The van der Waals surface area contributed by atoms with Gasteiger partial charge in [-0.15, -0.1) is 0 Å². The van der Waals surface area contributed by atoms with Crippen molar-refractivity contribution in [3.63, 3.8) is 0 Å². The third-order valence-corrected chi connectivity index (χ3v) is 14.7. The Balaban J connectivity index is 3.39. The summed E-state index contributed by atoms with van der Waals surface area (Å²) in [5.74, 6) is -0.565. The van der Waals surface area contributed by atoms with E-state index in [1.807, 2.05) is 0 Å². The highest BCUT2D eigenvalue weighted by Crippen LogP contribution is 2.18. The summed E-state index contributed by atoms with van der Waals surface area (Å²) in [6, 6.07) is 0. The monoisotopic (exact) mass is 985 g/mol. The van der Waals surface area contributed by atoms with E-state index >= 15 is 0 Å². The standard InChI is InChI=1S/C65H124O5/c1-3-5-7-9-11-13-15-17-19-21-23-25-27-29-30-31-32-33-34-36-38-40-42-44-46-48-50-52-54-56-58-60-65(68)70-63(61-66)62-69-64(67)59-57-55-53-51-49-47-45-43-41-39-37-35-28-26-24-22-20-18-16-14-12-10-8-6-4-2/h15,17,21,23,63,66H,3-14,16,18-20,22,24-62H2,1-2H3/b17-15-,23-21-. The molecule has 0 spiro atoms. The van der Waals surface area contributed by atoms with Crippen LogP contribution in [0.3, 0.4) is 0 Å². The average molecular weight is 986 g/mol. The van der Waals surface area contributed by atoms with Crippen LogP contribution in [0.25, 0.3) is 0 Å². The van der Waals surface area contributed by atoms with Gasteiger partial charge in [-0.3, -0.25) is 9.59 Å². The minimum atomic E-state index is -0.768. The molecule has 0 aliphatic rings. The minimum Gasteiger partial charge on any atom is -0.462 e. The van der Waals surface area contributed by atoms with Gasteiger partial charge >= 0.3 is 11.9 Å². The molecule has 0 heterocycles. The molecule has 5 heteroatoms. The third kappa shape index (κ3) is 58.9. The number of aliphatic hydroxyl groups is 1. The highest BCUT2D eigenvalue weighted by molar-refractivity contribution is 5.70. The number of rotatable bonds is 60. The summed E-state index contributed by atoms with van der Waals surface area (Å²) in [6.07, 6.45) is 79.0. The van der Waals surface area contributed by atoms with Crippen LogP contribution in [0.5, 0.6) is 0 Å². The zero-order chi connectivity index (χ0) is 50.6. The molecular formula is C65H124O5. The van der Waals surface area contributed by atoms with Crippen LogP contribution < -0.4 is 0 Å². The third-order valence-electron chi connectivity index (χ3n) is 14.7. The normalized spacial score (nSPS) is 12.2. The summed E-state index contributed by atoms with van der Waals surface area (Å²) < 4.78 is 10.7. The summed E-state index contributed by atoms with van der Waals surface area (Å²) in [5, 5.41) is 9.68. The molecule has 0 aliphatic heterocycles. The molecule has 0 aliphatic carbocycles. The van der Waals surface area contributed by atoms with E-state index in [0.29, 0.717) is 12.8 Å². The molecule has 0 aromatic carbocycles. The molecule has 0 radical (unpaired) electrons. The van der Waals surface area contributed by atoms with E-state index in [4.69, 9.17) is 9.47 Å². The van der Waals surface area contributed by atoms with Gasteiger partial charge in [0.25, 0.3) is 0 Å². The van der Waals surface area contributed by atoms with Crippen molar-refractivity contribution in [2.45, 2.75) is 367 Å². The zero-order valence-electron chi connectivity index (χ0n) is 47.6. The minimum absolute atomic E-state index is 0.0580. The van der Waals surface area contributed by atoms with Gasteiger partial charge in [-0.25, -0.2) is 0 Å². The van der Waals surface area contributed by atoms with Crippen LogP contribution in [0.15, 0.2) is 24.3 Å². The first-order valence-electron chi connectivity index (χ1n) is 31.9. The maximum atomic E-state index is 12.3. The molecule has 0 aromatic rings. The maximum Gasteiger partial charge on any atom is 0.306 e. The number of allylic oxidation sites excluding steroid dienone is 4. The van der Waals surface area contributed by atoms with E-state index in [2.05, 4.69) is 38.2 Å². The second kappa shape index (κ2) is 61.7. The molecule has 70 heavy (non-hydrogen) atoms. The number of carbonyl (C=O) groups is 2. The highest BCUT2D eigenvalue weighted by Gasteiger charge is 2.16. The quantitative estimate of drug-likeness (QED) is 0.0373. The molecule has 1 unspecified atom stereocenters. The molecule has 0 bridgehead atoms. The molecule has 5 nitrogen and oxygen atoms in total. The lowest BCUT2D eigenvalue weighted by atomic mass is 10.0. The van der Waals surface area contributed by atoms with Gasteiger partial charge in [0.05, 0.1) is 6.61 Å².